The molecule has 0 bridgehead atoms. The third kappa shape index (κ3) is 5.82. The van der Waals surface area contributed by atoms with E-state index in [2.05, 4.69) is 5.32 Å². The maximum Gasteiger partial charge on any atom is 0.407 e. The molecule has 0 spiro atoms. The topological polar surface area (TPSA) is 166 Å². The molecule has 2 unspecified atom stereocenters. The average Bonchev–Trinajstić information content (AvgIpc) is 2.43. The van der Waals surface area contributed by atoms with Crippen molar-refractivity contribution in [1.29, 1.82) is 0 Å². The Balaban J connectivity index is 2.27. The first kappa shape index (κ1) is 18.2. The molecule has 1 aliphatic heterocycles. The second kappa shape index (κ2) is 8.58. The Hall–Kier alpha value is -0.820. The summed E-state index contributed by atoms with van der Waals surface area (Å²) in [6.45, 7) is -0.317. The zero-order valence-electron chi connectivity index (χ0n) is 11.0. The third-order valence-corrected chi connectivity index (χ3v) is 3.47. The molecule has 0 aliphatic carbocycles. The summed E-state index contributed by atoms with van der Waals surface area (Å²) in [5, 5.41) is 39.9. The fourth-order valence-corrected chi connectivity index (χ4v) is 2.05. The summed E-state index contributed by atoms with van der Waals surface area (Å²) in [7, 11) is 0. The van der Waals surface area contributed by atoms with Crippen molar-refractivity contribution >= 4 is 17.2 Å². The van der Waals surface area contributed by atoms with E-state index in [0.29, 0.717) is 0 Å². The molecule has 0 aromatic carbocycles. The molecule has 10 nitrogen and oxygen atoms in total. The predicted octanol–water partition coefficient (Wildman–Crippen LogP) is -2.88. The van der Waals surface area contributed by atoms with Crippen LogP contribution in [-0.4, -0.2) is 84.9 Å². The molecular formula is C10H19NO9S. The molecule has 1 aliphatic rings. The van der Waals surface area contributed by atoms with Gasteiger partial charge >= 0.3 is 6.09 Å². The molecule has 1 saturated heterocycles. The molecule has 0 radical (unpaired) electrons. The van der Waals surface area contributed by atoms with Gasteiger partial charge in [-0.1, -0.05) is 0 Å². The van der Waals surface area contributed by atoms with Crippen LogP contribution in [0.1, 0.15) is 6.42 Å². The van der Waals surface area contributed by atoms with Crippen LogP contribution in [0.3, 0.4) is 0 Å². The lowest BCUT2D eigenvalue weighted by Crippen LogP contribution is -2.58. The number of ether oxygens (including phenoxy) is 2. The highest BCUT2D eigenvalue weighted by atomic mass is 32.2. The van der Waals surface area contributed by atoms with Crippen LogP contribution in [0.15, 0.2) is 0 Å². The normalized spacial score (nSPS) is 34.2. The summed E-state index contributed by atoms with van der Waals surface area (Å²) in [5.74, 6) is 0.0149. The number of hydrogen-bond donors (Lipinski definition) is 6. The second-order valence-corrected chi connectivity index (χ2v) is 5.49. The number of rotatable bonds is 6. The van der Waals surface area contributed by atoms with Crippen molar-refractivity contribution in [3.63, 3.8) is 0 Å². The molecule has 1 rings (SSSR count). The van der Waals surface area contributed by atoms with Crippen molar-refractivity contribution in [2.45, 2.75) is 37.1 Å². The third-order valence-electron chi connectivity index (χ3n) is 2.83. The molecular weight excluding hydrogens is 310 g/mol. The monoisotopic (exact) mass is 329 g/mol. The molecule has 6 atom stereocenters. The van der Waals surface area contributed by atoms with Gasteiger partial charge in [-0.3, -0.25) is 0 Å². The van der Waals surface area contributed by atoms with Crippen LogP contribution >= 0.6 is 0 Å². The Morgan fingerprint density at radius 1 is 1.19 bits per heavy atom. The van der Waals surface area contributed by atoms with E-state index in [9.17, 15) is 29.4 Å². The molecule has 0 saturated carbocycles. The smallest absolute Gasteiger partial charge is 0.407 e. The van der Waals surface area contributed by atoms with E-state index in [1.807, 2.05) is 0 Å². The summed E-state index contributed by atoms with van der Waals surface area (Å²) < 4.78 is 28.4. The van der Waals surface area contributed by atoms with E-state index in [0.717, 1.165) is 0 Å². The van der Waals surface area contributed by atoms with Gasteiger partial charge in [0.1, 0.15) is 31.0 Å². The molecule has 0 aromatic rings. The second-order valence-electron chi connectivity index (χ2n) is 4.44. The number of aliphatic hydroxyl groups excluding tert-OH is 4. The first-order valence-corrected chi connectivity index (χ1v) is 7.46. The van der Waals surface area contributed by atoms with Gasteiger partial charge in [-0.2, -0.15) is 0 Å². The molecule has 6 N–H and O–H groups in total. The van der Waals surface area contributed by atoms with Gasteiger partial charge in [-0.15, -0.1) is 0 Å². The van der Waals surface area contributed by atoms with E-state index >= 15 is 0 Å². The Kier molecular flexibility index (Phi) is 7.45. The molecule has 1 fully saturated rings. The first-order chi connectivity index (χ1) is 9.82. The number of carbonyl (C=O) groups is 1. The van der Waals surface area contributed by atoms with Gasteiger partial charge in [0.15, 0.2) is 17.4 Å². The van der Waals surface area contributed by atoms with Crippen LogP contribution < -0.4 is 5.32 Å². The molecule has 21 heavy (non-hydrogen) atoms. The van der Waals surface area contributed by atoms with Crippen LogP contribution in [0, 0.1) is 0 Å². The van der Waals surface area contributed by atoms with Gasteiger partial charge in [-0.25, -0.2) is 9.00 Å². The van der Waals surface area contributed by atoms with Crippen LogP contribution in [0.4, 0.5) is 4.79 Å². The highest BCUT2D eigenvalue weighted by Crippen LogP contribution is 2.19. The van der Waals surface area contributed by atoms with Crippen molar-refractivity contribution in [1.82, 2.24) is 5.32 Å². The molecule has 1 heterocycles. The van der Waals surface area contributed by atoms with Gasteiger partial charge in [0.2, 0.25) is 0 Å². The van der Waals surface area contributed by atoms with E-state index in [4.69, 9.17) is 14.0 Å². The van der Waals surface area contributed by atoms with Gasteiger partial charge in [0, 0.05) is 6.54 Å². The number of amides is 1. The number of alkyl carbamates (subject to hydrolysis) is 1. The number of nitrogens with one attached hydrogen (secondary N) is 1. The SMILES string of the molecule is O=C(NCCCS(=O)O)OC[C@H]1OC(O)[C@H](O)[C@@H](O)[C@@H]1O. The van der Waals surface area contributed by atoms with Crippen molar-refractivity contribution in [3.05, 3.63) is 0 Å². The minimum Gasteiger partial charge on any atom is -0.447 e. The summed E-state index contributed by atoms with van der Waals surface area (Å²) in [5.41, 5.74) is 0. The van der Waals surface area contributed by atoms with Crippen LogP contribution in [0.2, 0.25) is 0 Å². The van der Waals surface area contributed by atoms with E-state index in [1.54, 1.807) is 0 Å². The largest absolute Gasteiger partial charge is 0.447 e. The van der Waals surface area contributed by atoms with E-state index < -0.39 is 54.5 Å². The van der Waals surface area contributed by atoms with Gasteiger partial charge in [0.05, 0.1) is 5.75 Å². The Morgan fingerprint density at radius 2 is 1.86 bits per heavy atom. The summed E-state index contributed by atoms with van der Waals surface area (Å²) in [4.78, 5) is 11.3. The molecule has 124 valence electrons. The van der Waals surface area contributed by atoms with Gasteiger partial charge in [-0.05, 0) is 6.42 Å². The van der Waals surface area contributed by atoms with Gasteiger partial charge < -0.3 is 39.8 Å². The summed E-state index contributed by atoms with van der Waals surface area (Å²) in [6, 6.07) is 0. The molecule has 0 aromatic heterocycles. The minimum atomic E-state index is -1.93. The zero-order valence-corrected chi connectivity index (χ0v) is 11.8. The zero-order chi connectivity index (χ0) is 16.0. The predicted molar refractivity (Wildman–Crippen MR) is 68.5 cm³/mol. The molecule has 1 amide bonds. The highest BCUT2D eigenvalue weighted by molar-refractivity contribution is 7.79. The summed E-state index contributed by atoms with van der Waals surface area (Å²) in [6.07, 6.45) is -8.23. The van der Waals surface area contributed by atoms with E-state index in [-0.39, 0.29) is 18.7 Å². The van der Waals surface area contributed by atoms with Crippen molar-refractivity contribution in [2.24, 2.45) is 0 Å². The lowest BCUT2D eigenvalue weighted by Gasteiger charge is -2.37. The maximum atomic E-state index is 11.3. The lowest BCUT2D eigenvalue weighted by molar-refractivity contribution is -0.286. The number of carbonyl (C=O) groups excluding carboxylic acids is 1. The Morgan fingerprint density at radius 3 is 2.48 bits per heavy atom. The first-order valence-electron chi connectivity index (χ1n) is 6.18. The Labute approximate surface area is 123 Å². The highest BCUT2D eigenvalue weighted by Gasteiger charge is 2.43. The Bertz CT molecular complexity index is 368. The fourth-order valence-electron chi connectivity index (χ4n) is 1.66. The van der Waals surface area contributed by atoms with Crippen molar-refractivity contribution in [3.8, 4) is 0 Å². The van der Waals surface area contributed by atoms with Gasteiger partial charge in [0.25, 0.3) is 0 Å². The van der Waals surface area contributed by atoms with Crippen LogP contribution in [0.25, 0.3) is 0 Å². The maximum absolute atomic E-state index is 11.3. The quantitative estimate of drug-likeness (QED) is 0.222. The number of hydrogen-bond acceptors (Lipinski definition) is 8. The fraction of sp³-hybridized carbons (Fsp3) is 0.900. The van der Waals surface area contributed by atoms with Crippen LogP contribution in [0.5, 0.6) is 0 Å². The van der Waals surface area contributed by atoms with Crippen LogP contribution in [-0.2, 0) is 20.6 Å². The average molecular weight is 329 g/mol. The number of aliphatic hydroxyl groups is 4. The minimum absolute atomic E-state index is 0.0149. The summed E-state index contributed by atoms with van der Waals surface area (Å²) >= 11 is -1.93. The van der Waals surface area contributed by atoms with Crippen molar-refractivity contribution in [2.75, 3.05) is 18.9 Å². The molecule has 11 heteroatoms. The lowest BCUT2D eigenvalue weighted by atomic mass is 9.99. The van der Waals surface area contributed by atoms with Crippen molar-refractivity contribution < 1.29 is 43.5 Å². The standard InChI is InChI=1S/C10H19NO9S/c12-6-5(20-9(15)8(14)7(6)13)4-19-10(16)11-2-1-3-21(17)18/h5-9,12-15H,1-4H2,(H,11,16)(H,17,18)/t5-,6-,7+,8-,9?/m1/s1. The van der Waals surface area contributed by atoms with E-state index in [1.165, 1.54) is 0 Å².